The summed E-state index contributed by atoms with van der Waals surface area (Å²) in [5.41, 5.74) is 0.818. The number of ether oxygens (including phenoxy) is 1. The summed E-state index contributed by atoms with van der Waals surface area (Å²) in [6, 6.07) is 19.9. The Morgan fingerprint density at radius 3 is 2.21 bits per heavy atom. The smallest absolute Gasteiger partial charge is 0.261 e. The van der Waals surface area contributed by atoms with Crippen molar-refractivity contribution >= 4 is 26.5 Å². The number of nitrogens with one attached hydrogen (secondary N) is 1. The first-order chi connectivity index (χ1) is 13.2. The molecule has 28 heavy (non-hydrogen) atoms. The van der Waals surface area contributed by atoms with Crippen LogP contribution in [0.2, 0.25) is 0 Å². The molecule has 0 radical (unpaired) electrons. The summed E-state index contributed by atoms with van der Waals surface area (Å²) in [6.07, 6.45) is 0.498. The zero-order valence-corrected chi connectivity index (χ0v) is 16.9. The zero-order valence-electron chi connectivity index (χ0n) is 16.0. The highest BCUT2D eigenvalue weighted by atomic mass is 32.2. The minimum atomic E-state index is -3.24. The predicted molar refractivity (Wildman–Crippen MR) is 110 cm³/mol. The largest absolute Gasteiger partial charge is 0.481 e. The monoisotopic (exact) mass is 397 g/mol. The number of hydrogen-bond donors (Lipinski definition) is 1. The van der Waals surface area contributed by atoms with E-state index in [1.54, 1.807) is 31.2 Å². The van der Waals surface area contributed by atoms with Gasteiger partial charge in [-0.05, 0) is 54.4 Å². The van der Waals surface area contributed by atoms with Gasteiger partial charge in [0.25, 0.3) is 5.91 Å². The molecule has 0 aliphatic heterocycles. The highest BCUT2D eigenvalue weighted by Crippen LogP contribution is 2.22. The van der Waals surface area contributed by atoms with Crippen molar-refractivity contribution in [3.63, 3.8) is 0 Å². The number of sulfone groups is 1. The van der Waals surface area contributed by atoms with Gasteiger partial charge in [-0.3, -0.25) is 4.79 Å². The molecule has 3 aromatic rings. The van der Waals surface area contributed by atoms with Gasteiger partial charge in [-0.1, -0.05) is 42.5 Å². The van der Waals surface area contributed by atoms with E-state index < -0.39 is 15.9 Å². The Bertz CT molecular complexity index is 1090. The van der Waals surface area contributed by atoms with E-state index in [1.807, 2.05) is 49.4 Å². The molecule has 2 unspecified atom stereocenters. The van der Waals surface area contributed by atoms with Gasteiger partial charge >= 0.3 is 0 Å². The third kappa shape index (κ3) is 4.70. The number of fused-ring (bicyclic) bond motifs is 1. The van der Waals surface area contributed by atoms with Gasteiger partial charge in [-0.25, -0.2) is 8.42 Å². The minimum Gasteiger partial charge on any atom is -0.481 e. The summed E-state index contributed by atoms with van der Waals surface area (Å²) in [5, 5.41) is 5.06. The molecule has 0 aliphatic carbocycles. The minimum absolute atomic E-state index is 0.243. The summed E-state index contributed by atoms with van der Waals surface area (Å²) < 4.78 is 28.9. The van der Waals surface area contributed by atoms with E-state index in [1.165, 1.54) is 6.26 Å². The second kappa shape index (κ2) is 8.02. The SMILES string of the molecule is CC(Oc1ccc2ccccc2c1)C(=O)NC(C)c1ccc(S(C)(=O)=O)cc1. The lowest BCUT2D eigenvalue weighted by Gasteiger charge is -2.19. The maximum absolute atomic E-state index is 12.5. The van der Waals surface area contributed by atoms with Crippen molar-refractivity contribution < 1.29 is 17.9 Å². The maximum Gasteiger partial charge on any atom is 0.261 e. The van der Waals surface area contributed by atoms with Gasteiger partial charge in [0.05, 0.1) is 10.9 Å². The van der Waals surface area contributed by atoms with Gasteiger partial charge in [0, 0.05) is 6.26 Å². The molecule has 0 bridgehead atoms. The summed E-state index contributed by atoms with van der Waals surface area (Å²) in [7, 11) is -3.24. The summed E-state index contributed by atoms with van der Waals surface area (Å²) >= 11 is 0. The van der Waals surface area contributed by atoms with E-state index in [2.05, 4.69) is 5.32 Å². The Morgan fingerprint density at radius 2 is 1.57 bits per heavy atom. The molecule has 0 saturated carbocycles. The molecule has 0 spiro atoms. The van der Waals surface area contributed by atoms with E-state index >= 15 is 0 Å². The Kier molecular flexibility index (Phi) is 5.70. The van der Waals surface area contributed by atoms with Crippen molar-refractivity contribution in [1.82, 2.24) is 5.32 Å². The lowest BCUT2D eigenvalue weighted by Crippen LogP contribution is -2.37. The van der Waals surface area contributed by atoms with E-state index in [9.17, 15) is 13.2 Å². The molecule has 6 heteroatoms. The van der Waals surface area contributed by atoms with Gasteiger partial charge < -0.3 is 10.1 Å². The van der Waals surface area contributed by atoms with Crippen LogP contribution in [0, 0.1) is 0 Å². The summed E-state index contributed by atoms with van der Waals surface area (Å²) in [6.45, 7) is 3.54. The van der Waals surface area contributed by atoms with Crippen LogP contribution in [0.15, 0.2) is 71.6 Å². The quantitative estimate of drug-likeness (QED) is 0.685. The van der Waals surface area contributed by atoms with Crippen LogP contribution in [-0.2, 0) is 14.6 Å². The molecule has 5 nitrogen and oxygen atoms in total. The third-order valence-electron chi connectivity index (χ3n) is 4.57. The van der Waals surface area contributed by atoms with Crippen molar-refractivity contribution in [2.75, 3.05) is 6.26 Å². The Hall–Kier alpha value is -2.86. The van der Waals surface area contributed by atoms with Crippen LogP contribution in [0.4, 0.5) is 0 Å². The number of amides is 1. The van der Waals surface area contributed by atoms with Crippen LogP contribution in [0.5, 0.6) is 5.75 Å². The molecule has 146 valence electrons. The fourth-order valence-electron chi connectivity index (χ4n) is 2.92. The maximum atomic E-state index is 12.5. The van der Waals surface area contributed by atoms with Crippen molar-refractivity contribution in [2.24, 2.45) is 0 Å². The molecular weight excluding hydrogens is 374 g/mol. The number of carbonyl (C=O) groups is 1. The first-order valence-corrected chi connectivity index (χ1v) is 10.9. The van der Waals surface area contributed by atoms with Crippen molar-refractivity contribution in [3.05, 3.63) is 72.3 Å². The molecule has 1 amide bonds. The summed E-state index contributed by atoms with van der Waals surface area (Å²) in [5.74, 6) is 0.388. The third-order valence-corrected chi connectivity index (χ3v) is 5.70. The van der Waals surface area contributed by atoms with Crippen LogP contribution in [0.3, 0.4) is 0 Å². The van der Waals surface area contributed by atoms with Gasteiger partial charge in [0.15, 0.2) is 15.9 Å². The Balaban J connectivity index is 1.64. The lowest BCUT2D eigenvalue weighted by molar-refractivity contribution is -0.127. The van der Waals surface area contributed by atoms with Crippen molar-refractivity contribution in [3.8, 4) is 5.75 Å². The van der Waals surface area contributed by atoms with Crippen LogP contribution >= 0.6 is 0 Å². The van der Waals surface area contributed by atoms with E-state index in [0.717, 1.165) is 16.3 Å². The Morgan fingerprint density at radius 1 is 0.929 bits per heavy atom. The molecule has 1 N–H and O–H groups in total. The highest BCUT2D eigenvalue weighted by Gasteiger charge is 2.18. The fourth-order valence-corrected chi connectivity index (χ4v) is 3.55. The average Bonchev–Trinajstić information content (AvgIpc) is 2.67. The van der Waals surface area contributed by atoms with Gasteiger partial charge in [-0.15, -0.1) is 0 Å². The van der Waals surface area contributed by atoms with Gasteiger partial charge in [0.2, 0.25) is 0 Å². The Labute approximate surface area is 165 Å². The molecule has 0 fully saturated rings. The molecule has 0 aliphatic rings. The zero-order chi connectivity index (χ0) is 20.3. The number of rotatable bonds is 6. The van der Waals surface area contributed by atoms with E-state index in [0.29, 0.717) is 5.75 Å². The van der Waals surface area contributed by atoms with Crippen LogP contribution in [0.25, 0.3) is 10.8 Å². The van der Waals surface area contributed by atoms with Crippen LogP contribution in [-0.4, -0.2) is 26.7 Å². The molecule has 3 aromatic carbocycles. The van der Waals surface area contributed by atoms with Crippen molar-refractivity contribution in [2.45, 2.75) is 30.9 Å². The van der Waals surface area contributed by atoms with Crippen LogP contribution < -0.4 is 10.1 Å². The fraction of sp³-hybridized carbons (Fsp3) is 0.227. The first kappa shape index (κ1) is 19.9. The van der Waals surface area contributed by atoms with Crippen LogP contribution in [0.1, 0.15) is 25.5 Å². The summed E-state index contributed by atoms with van der Waals surface area (Å²) in [4.78, 5) is 12.7. The molecule has 3 rings (SSSR count). The van der Waals surface area contributed by atoms with Crippen molar-refractivity contribution in [1.29, 1.82) is 0 Å². The average molecular weight is 397 g/mol. The van der Waals surface area contributed by atoms with E-state index in [-0.39, 0.29) is 16.8 Å². The predicted octanol–water partition coefficient (Wildman–Crippen LogP) is 3.89. The number of benzene rings is 3. The number of carbonyl (C=O) groups excluding carboxylic acids is 1. The molecule has 0 saturated heterocycles. The molecule has 0 heterocycles. The van der Waals surface area contributed by atoms with Gasteiger partial charge in [0.1, 0.15) is 5.75 Å². The second-order valence-corrected chi connectivity index (χ2v) is 8.86. The molecule has 2 atom stereocenters. The number of hydrogen-bond acceptors (Lipinski definition) is 4. The molecular formula is C22H23NO4S. The first-order valence-electron chi connectivity index (χ1n) is 9.00. The lowest BCUT2D eigenvalue weighted by atomic mass is 10.1. The topological polar surface area (TPSA) is 72.5 Å². The highest BCUT2D eigenvalue weighted by molar-refractivity contribution is 7.90. The normalized spacial score (nSPS) is 13.7. The van der Waals surface area contributed by atoms with E-state index in [4.69, 9.17) is 4.74 Å². The second-order valence-electron chi connectivity index (χ2n) is 6.84. The standard InChI is InChI=1S/C22H23NO4S/c1-15(17-9-12-21(13-10-17)28(3,25)26)23-22(24)16(2)27-20-11-8-18-6-4-5-7-19(18)14-20/h4-16H,1-3H3,(H,23,24). The molecule has 0 aromatic heterocycles. The van der Waals surface area contributed by atoms with Gasteiger partial charge in [-0.2, -0.15) is 0 Å².